The number of hydrogen-bond donors (Lipinski definition) is 2. The molecular formula is C13H11ClFN3OS. The van der Waals surface area contributed by atoms with Gasteiger partial charge in [-0.3, -0.25) is 4.79 Å². The highest BCUT2D eigenvalue weighted by Crippen LogP contribution is 2.43. The van der Waals surface area contributed by atoms with Crippen molar-refractivity contribution in [2.75, 3.05) is 17.7 Å². The second kappa shape index (κ2) is 5.03. The molecule has 1 atom stereocenters. The number of hydrogen-bond acceptors (Lipinski definition) is 4. The lowest BCUT2D eigenvalue weighted by Crippen LogP contribution is -2.23. The number of carbonyl (C=O) groups excluding carboxylic acids is 1. The molecule has 0 radical (unpaired) electrons. The highest BCUT2D eigenvalue weighted by atomic mass is 35.5. The summed E-state index contributed by atoms with van der Waals surface area (Å²) in [4.78, 5) is 16.9. The molecule has 0 unspecified atom stereocenters. The van der Waals surface area contributed by atoms with E-state index in [9.17, 15) is 9.18 Å². The molecule has 7 heteroatoms. The van der Waals surface area contributed by atoms with E-state index in [2.05, 4.69) is 15.6 Å². The molecule has 3 rings (SSSR count). The maximum Gasteiger partial charge on any atom is 0.226 e. The van der Waals surface area contributed by atoms with E-state index in [0.717, 1.165) is 4.88 Å². The van der Waals surface area contributed by atoms with E-state index in [1.165, 1.54) is 23.5 Å². The predicted octanol–water partition coefficient (Wildman–Crippen LogP) is 3.45. The first-order chi connectivity index (χ1) is 9.58. The maximum atomic E-state index is 14.0. The van der Waals surface area contributed by atoms with Gasteiger partial charge in [0.15, 0.2) is 5.13 Å². The first-order valence-corrected chi connectivity index (χ1v) is 7.21. The van der Waals surface area contributed by atoms with Crippen LogP contribution in [0.1, 0.15) is 22.8 Å². The zero-order chi connectivity index (χ0) is 14.3. The van der Waals surface area contributed by atoms with Gasteiger partial charge in [0.1, 0.15) is 11.6 Å². The van der Waals surface area contributed by atoms with Gasteiger partial charge in [0.25, 0.3) is 0 Å². The Morgan fingerprint density at radius 2 is 2.35 bits per heavy atom. The van der Waals surface area contributed by atoms with E-state index >= 15 is 0 Å². The summed E-state index contributed by atoms with van der Waals surface area (Å²) in [5.74, 6) is -0.383. The molecule has 1 aromatic carbocycles. The summed E-state index contributed by atoms with van der Waals surface area (Å²) in [5, 5.41) is 6.78. The third-order valence-corrected chi connectivity index (χ3v) is 4.59. The van der Waals surface area contributed by atoms with Crippen LogP contribution in [0, 0.1) is 5.82 Å². The zero-order valence-electron chi connectivity index (χ0n) is 10.5. The van der Waals surface area contributed by atoms with Crippen LogP contribution < -0.4 is 10.6 Å². The minimum absolute atomic E-state index is 0.171. The second-order valence-electron chi connectivity index (χ2n) is 4.45. The van der Waals surface area contributed by atoms with Gasteiger partial charge in [-0.05, 0) is 23.8 Å². The van der Waals surface area contributed by atoms with Crippen LogP contribution in [0.5, 0.6) is 0 Å². The lowest BCUT2D eigenvalue weighted by molar-refractivity contribution is -0.116. The van der Waals surface area contributed by atoms with Crippen LogP contribution in [0.3, 0.4) is 0 Å². The molecule has 2 aromatic rings. The number of halogens is 2. The van der Waals surface area contributed by atoms with Crippen molar-refractivity contribution >= 4 is 39.8 Å². The average molecular weight is 312 g/mol. The lowest BCUT2D eigenvalue weighted by atomic mass is 9.91. The Morgan fingerprint density at radius 1 is 1.55 bits per heavy atom. The number of thiazole rings is 1. The van der Waals surface area contributed by atoms with Crippen LogP contribution >= 0.6 is 22.9 Å². The van der Waals surface area contributed by atoms with Crippen LogP contribution in [0.2, 0.25) is 5.02 Å². The minimum atomic E-state index is -0.362. The van der Waals surface area contributed by atoms with Gasteiger partial charge in [-0.25, -0.2) is 9.37 Å². The molecule has 0 fully saturated rings. The van der Waals surface area contributed by atoms with Gasteiger partial charge in [0.05, 0.1) is 4.88 Å². The average Bonchev–Trinajstić information content (AvgIpc) is 2.83. The number of carbonyl (C=O) groups is 1. The van der Waals surface area contributed by atoms with Crippen molar-refractivity contribution < 1.29 is 9.18 Å². The topological polar surface area (TPSA) is 54.0 Å². The van der Waals surface area contributed by atoms with E-state index in [1.54, 1.807) is 13.1 Å². The van der Waals surface area contributed by atoms with Crippen LogP contribution in [0.4, 0.5) is 15.3 Å². The van der Waals surface area contributed by atoms with Gasteiger partial charge in [0, 0.05) is 24.4 Å². The van der Waals surface area contributed by atoms with E-state index < -0.39 is 0 Å². The first kappa shape index (κ1) is 13.3. The van der Waals surface area contributed by atoms with E-state index in [4.69, 9.17) is 11.6 Å². The Morgan fingerprint density at radius 3 is 3.10 bits per heavy atom. The van der Waals surface area contributed by atoms with Gasteiger partial charge in [-0.2, -0.15) is 0 Å². The van der Waals surface area contributed by atoms with Crippen molar-refractivity contribution in [3.63, 3.8) is 0 Å². The van der Waals surface area contributed by atoms with Gasteiger partial charge >= 0.3 is 0 Å². The van der Waals surface area contributed by atoms with Crippen LogP contribution in [0.25, 0.3) is 0 Å². The normalized spacial score (nSPS) is 17.6. The molecule has 0 saturated carbocycles. The molecule has 2 N–H and O–H groups in total. The van der Waals surface area contributed by atoms with Crippen molar-refractivity contribution in [2.24, 2.45) is 0 Å². The molecule has 1 aliphatic heterocycles. The van der Waals surface area contributed by atoms with Gasteiger partial charge in [-0.1, -0.05) is 22.9 Å². The highest BCUT2D eigenvalue weighted by Gasteiger charge is 2.31. The molecule has 104 valence electrons. The lowest BCUT2D eigenvalue weighted by Gasteiger charge is -2.22. The molecule has 0 aliphatic carbocycles. The van der Waals surface area contributed by atoms with Gasteiger partial charge in [0.2, 0.25) is 5.91 Å². The smallest absolute Gasteiger partial charge is 0.226 e. The highest BCUT2D eigenvalue weighted by molar-refractivity contribution is 7.16. The second-order valence-corrected chi connectivity index (χ2v) is 5.92. The van der Waals surface area contributed by atoms with E-state index in [-0.39, 0.29) is 24.1 Å². The van der Waals surface area contributed by atoms with Crippen molar-refractivity contribution in [2.45, 2.75) is 12.3 Å². The Balaban J connectivity index is 2.12. The van der Waals surface area contributed by atoms with Crippen LogP contribution in [-0.4, -0.2) is 17.9 Å². The standard InChI is InChI=1S/C13H11ClFN3OS/c1-16-13-18-12-11(20-13)8(5-10(19)17-12)7-4-6(14)2-3-9(7)15/h2-4,8H,5H2,1H3,(H,16,18)(H,17,19)/t8-/m0/s1. The molecule has 0 saturated heterocycles. The minimum Gasteiger partial charge on any atom is -0.365 e. The largest absolute Gasteiger partial charge is 0.365 e. The quantitative estimate of drug-likeness (QED) is 0.893. The van der Waals surface area contributed by atoms with Crippen molar-refractivity contribution in [3.05, 3.63) is 39.5 Å². The van der Waals surface area contributed by atoms with Crippen molar-refractivity contribution in [1.29, 1.82) is 0 Å². The third kappa shape index (κ3) is 2.25. The first-order valence-electron chi connectivity index (χ1n) is 6.01. The SMILES string of the molecule is CNc1nc2c(s1)[C@H](c1cc(Cl)ccc1F)CC(=O)N2. The number of amides is 1. The Labute approximate surface area is 124 Å². The van der Waals surface area contributed by atoms with Crippen LogP contribution in [0.15, 0.2) is 18.2 Å². The number of aromatic nitrogens is 1. The molecular weight excluding hydrogens is 301 g/mol. The Hall–Kier alpha value is -1.66. The molecule has 0 bridgehead atoms. The van der Waals surface area contributed by atoms with Crippen molar-refractivity contribution in [1.82, 2.24) is 4.98 Å². The Kier molecular flexibility index (Phi) is 3.35. The zero-order valence-corrected chi connectivity index (χ0v) is 12.1. The Bertz CT molecular complexity index is 688. The molecule has 0 spiro atoms. The summed E-state index contributed by atoms with van der Waals surface area (Å²) in [6, 6.07) is 4.39. The third-order valence-electron chi connectivity index (χ3n) is 3.16. The fourth-order valence-corrected chi connectivity index (χ4v) is 3.43. The monoisotopic (exact) mass is 311 g/mol. The molecule has 1 aliphatic rings. The number of benzene rings is 1. The van der Waals surface area contributed by atoms with Crippen LogP contribution in [-0.2, 0) is 4.79 Å². The molecule has 1 amide bonds. The van der Waals surface area contributed by atoms with Gasteiger partial charge < -0.3 is 10.6 Å². The summed E-state index contributed by atoms with van der Waals surface area (Å²) in [6.07, 6.45) is 0.190. The summed E-state index contributed by atoms with van der Waals surface area (Å²) >= 11 is 7.35. The fraction of sp³-hybridized carbons (Fsp3) is 0.231. The predicted molar refractivity (Wildman–Crippen MR) is 78.2 cm³/mol. The number of fused-ring (bicyclic) bond motifs is 1. The number of anilines is 2. The summed E-state index contributed by atoms with van der Waals surface area (Å²) in [7, 11) is 1.75. The molecule has 4 nitrogen and oxygen atoms in total. The number of nitrogens with zero attached hydrogens (tertiary/aromatic N) is 1. The fourth-order valence-electron chi connectivity index (χ4n) is 2.26. The number of nitrogens with one attached hydrogen (secondary N) is 2. The summed E-state index contributed by atoms with van der Waals surface area (Å²) < 4.78 is 14.0. The van der Waals surface area contributed by atoms with E-state index in [1.807, 2.05) is 0 Å². The number of rotatable bonds is 2. The van der Waals surface area contributed by atoms with Gasteiger partial charge in [-0.15, -0.1) is 0 Å². The molecule has 20 heavy (non-hydrogen) atoms. The summed E-state index contributed by atoms with van der Waals surface area (Å²) in [6.45, 7) is 0. The van der Waals surface area contributed by atoms with Crippen molar-refractivity contribution in [3.8, 4) is 0 Å². The molecule has 2 heterocycles. The molecule has 1 aromatic heterocycles. The van der Waals surface area contributed by atoms with E-state index in [0.29, 0.717) is 21.5 Å². The summed E-state index contributed by atoms with van der Waals surface area (Å²) in [5.41, 5.74) is 0.430. The maximum absolute atomic E-state index is 14.0.